The Bertz CT molecular complexity index is 599. The molecule has 1 fully saturated rings. The topological polar surface area (TPSA) is 67.9 Å². The summed E-state index contributed by atoms with van der Waals surface area (Å²) in [6, 6.07) is 6.25. The van der Waals surface area contributed by atoms with E-state index in [0.717, 1.165) is 55.3 Å². The van der Waals surface area contributed by atoms with Gasteiger partial charge in [-0.25, -0.2) is 9.97 Å². The van der Waals surface area contributed by atoms with Gasteiger partial charge in [0.1, 0.15) is 5.82 Å². The van der Waals surface area contributed by atoms with Gasteiger partial charge in [0.15, 0.2) is 5.82 Å². The summed E-state index contributed by atoms with van der Waals surface area (Å²) in [5.74, 6) is 1.77. The number of hydrogen-bond acceptors (Lipinski definition) is 5. The van der Waals surface area contributed by atoms with Crippen LogP contribution < -0.4 is 10.6 Å². The molecule has 0 aromatic carbocycles. The molecular weight excluding hydrogens is 262 g/mol. The van der Waals surface area contributed by atoms with E-state index in [9.17, 15) is 0 Å². The fourth-order valence-corrected chi connectivity index (χ4v) is 2.65. The Morgan fingerprint density at radius 3 is 2.76 bits per heavy atom. The lowest BCUT2D eigenvalue weighted by molar-refractivity contribution is 0.751. The third-order valence-electron chi connectivity index (χ3n) is 3.76. The van der Waals surface area contributed by atoms with Crippen LogP contribution in [-0.4, -0.2) is 34.1 Å². The van der Waals surface area contributed by atoms with E-state index in [2.05, 4.69) is 27.9 Å². The molecule has 0 aliphatic carbocycles. The number of aryl methyl sites for hydroxylation is 1. The van der Waals surface area contributed by atoms with Crippen LogP contribution in [0.1, 0.15) is 25.5 Å². The first-order valence-corrected chi connectivity index (χ1v) is 7.55. The van der Waals surface area contributed by atoms with Gasteiger partial charge in [-0.1, -0.05) is 13.3 Å². The second-order valence-corrected chi connectivity index (χ2v) is 5.52. The predicted octanol–water partition coefficient (Wildman–Crippen LogP) is 2.03. The number of nitrogens with two attached hydrogens (primary N) is 1. The number of nitrogens with zero attached hydrogens (tertiary/aromatic N) is 4. The molecule has 1 aliphatic heterocycles. The Labute approximate surface area is 125 Å². The molecule has 0 amide bonds. The average molecular weight is 283 g/mol. The van der Waals surface area contributed by atoms with E-state index in [4.69, 9.17) is 10.7 Å². The summed E-state index contributed by atoms with van der Waals surface area (Å²) in [6.45, 7) is 4.01. The average Bonchev–Trinajstić information content (AvgIpc) is 2.95. The van der Waals surface area contributed by atoms with E-state index in [1.165, 1.54) is 0 Å². The van der Waals surface area contributed by atoms with Gasteiger partial charge < -0.3 is 10.6 Å². The Morgan fingerprint density at radius 2 is 2.10 bits per heavy atom. The Morgan fingerprint density at radius 1 is 1.29 bits per heavy atom. The zero-order valence-electron chi connectivity index (χ0n) is 12.4. The molecule has 2 aromatic rings. The minimum absolute atomic E-state index is 0.249. The van der Waals surface area contributed by atoms with Crippen molar-refractivity contribution in [1.82, 2.24) is 15.0 Å². The Hall–Kier alpha value is -2.01. The van der Waals surface area contributed by atoms with Crippen molar-refractivity contribution >= 4 is 5.82 Å². The maximum absolute atomic E-state index is 6.02. The summed E-state index contributed by atoms with van der Waals surface area (Å²) in [5, 5.41) is 0. The van der Waals surface area contributed by atoms with Gasteiger partial charge >= 0.3 is 0 Å². The smallest absolute Gasteiger partial charge is 0.161 e. The minimum Gasteiger partial charge on any atom is -0.355 e. The predicted molar refractivity (Wildman–Crippen MR) is 84.1 cm³/mol. The van der Waals surface area contributed by atoms with Crippen molar-refractivity contribution in [2.45, 2.75) is 32.2 Å². The van der Waals surface area contributed by atoms with Crippen LogP contribution in [0.5, 0.6) is 0 Å². The van der Waals surface area contributed by atoms with Gasteiger partial charge in [-0.15, -0.1) is 0 Å². The molecule has 2 N–H and O–H groups in total. The molecular formula is C16H21N5. The molecule has 3 rings (SSSR count). The molecule has 1 atom stereocenters. The van der Waals surface area contributed by atoms with Gasteiger partial charge in [-0.3, -0.25) is 4.98 Å². The van der Waals surface area contributed by atoms with Crippen LogP contribution in [0.4, 0.5) is 5.82 Å². The first-order valence-electron chi connectivity index (χ1n) is 7.55. The molecule has 0 radical (unpaired) electrons. The molecule has 5 nitrogen and oxygen atoms in total. The highest BCUT2D eigenvalue weighted by molar-refractivity contribution is 5.57. The van der Waals surface area contributed by atoms with Gasteiger partial charge in [0.05, 0.1) is 0 Å². The summed E-state index contributed by atoms with van der Waals surface area (Å²) < 4.78 is 0. The van der Waals surface area contributed by atoms with Crippen LogP contribution in [-0.2, 0) is 6.42 Å². The fourth-order valence-electron chi connectivity index (χ4n) is 2.65. The second-order valence-electron chi connectivity index (χ2n) is 5.52. The summed E-state index contributed by atoms with van der Waals surface area (Å²) in [7, 11) is 0. The molecule has 5 heteroatoms. The van der Waals surface area contributed by atoms with E-state index in [-0.39, 0.29) is 6.04 Å². The van der Waals surface area contributed by atoms with Crippen molar-refractivity contribution < 1.29 is 0 Å². The van der Waals surface area contributed by atoms with E-state index >= 15 is 0 Å². The molecule has 0 spiro atoms. The molecule has 0 saturated carbocycles. The van der Waals surface area contributed by atoms with Crippen LogP contribution in [0.3, 0.4) is 0 Å². The molecule has 110 valence electrons. The van der Waals surface area contributed by atoms with Crippen LogP contribution in [0.25, 0.3) is 11.4 Å². The number of pyridine rings is 1. The first kappa shape index (κ1) is 13.9. The third kappa shape index (κ3) is 3.19. The van der Waals surface area contributed by atoms with Crippen LogP contribution in [0.15, 0.2) is 30.6 Å². The number of aromatic nitrogens is 3. The highest BCUT2D eigenvalue weighted by atomic mass is 15.2. The van der Waals surface area contributed by atoms with Crippen molar-refractivity contribution in [3.63, 3.8) is 0 Å². The van der Waals surface area contributed by atoms with Crippen molar-refractivity contribution in [1.29, 1.82) is 0 Å². The summed E-state index contributed by atoms with van der Waals surface area (Å²) in [6.07, 6.45) is 6.62. The molecule has 1 aliphatic rings. The molecule has 21 heavy (non-hydrogen) atoms. The summed E-state index contributed by atoms with van der Waals surface area (Å²) in [5.41, 5.74) is 8.11. The highest BCUT2D eigenvalue weighted by Gasteiger charge is 2.21. The van der Waals surface area contributed by atoms with Crippen molar-refractivity contribution in [2.24, 2.45) is 5.73 Å². The van der Waals surface area contributed by atoms with Crippen molar-refractivity contribution in [2.75, 3.05) is 18.0 Å². The molecule has 2 aromatic heterocycles. The lowest BCUT2D eigenvalue weighted by Gasteiger charge is -2.18. The van der Waals surface area contributed by atoms with Gasteiger partial charge in [-0.2, -0.15) is 0 Å². The maximum Gasteiger partial charge on any atom is 0.161 e. The van der Waals surface area contributed by atoms with E-state index in [1.807, 2.05) is 12.1 Å². The normalized spacial score (nSPS) is 18.2. The first-order chi connectivity index (χ1) is 10.3. The monoisotopic (exact) mass is 283 g/mol. The number of hydrogen-bond donors (Lipinski definition) is 1. The lowest BCUT2D eigenvalue weighted by Crippen LogP contribution is -2.27. The summed E-state index contributed by atoms with van der Waals surface area (Å²) >= 11 is 0. The van der Waals surface area contributed by atoms with Gasteiger partial charge in [0, 0.05) is 48.8 Å². The van der Waals surface area contributed by atoms with Crippen LogP contribution in [0, 0.1) is 0 Å². The zero-order chi connectivity index (χ0) is 14.7. The number of anilines is 1. The largest absolute Gasteiger partial charge is 0.355 e. The van der Waals surface area contributed by atoms with Crippen molar-refractivity contribution in [3.8, 4) is 11.4 Å². The van der Waals surface area contributed by atoms with Gasteiger partial charge in [0.25, 0.3) is 0 Å². The van der Waals surface area contributed by atoms with Crippen LogP contribution in [0.2, 0.25) is 0 Å². The highest BCUT2D eigenvalue weighted by Crippen LogP contribution is 2.23. The molecule has 3 heterocycles. The second kappa shape index (κ2) is 6.18. The van der Waals surface area contributed by atoms with E-state index in [0.29, 0.717) is 0 Å². The molecule has 1 unspecified atom stereocenters. The minimum atomic E-state index is 0.249. The van der Waals surface area contributed by atoms with E-state index < -0.39 is 0 Å². The molecule has 0 bridgehead atoms. The Balaban J connectivity index is 1.98. The van der Waals surface area contributed by atoms with Gasteiger partial charge in [0.2, 0.25) is 0 Å². The zero-order valence-corrected chi connectivity index (χ0v) is 12.4. The molecule has 1 saturated heterocycles. The third-order valence-corrected chi connectivity index (χ3v) is 3.76. The lowest BCUT2D eigenvalue weighted by atomic mass is 10.2. The standard InChI is InChI=1S/C16H21N5/c1-2-3-14-10-15(21-9-6-13(17)11-21)20-16(19-14)12-4-7-18-8-5-12/h4-5,7-8,10,13H,2-3,6,9,11,17H2,1H3. The van der Waals surface area contributed by atoms with Crippen molar-refractivity contribution in [3.05, 3.63) is 36.3 Å². The number of rotatable bonds is 4. The SMILES string of the molecule is CCCc1cc(N2CCC(N)C2)nc(-c2ccncc2)n1. The Kier molecular flexibility index (Phi) is 4.10. The van der Waals surface area contributed by atoms with E-state index in [1.54, 1.807) is 12.4 Å². The van der Waals surface area contributed by atoms with Gasteiger partial charge in [-0.05, 0) is 25.0 Å². The van der Waals surface area contributed by atoms with Crippen LogP contribution >= 0.6 is 0 Å². The summed E-state index contributed by atoms with van der Waals surface area (Å²) in [4.78, 5) is 15.7. The fraction of sp³-hybridized carbons (Fsp3) is 0.438. The maximum atomic E-state index is 6.02. The quantitative estimate of drug-likeness (QED) is 0.930.